The van der Waals surface area contributed by atoms with Crippen LogP contribution in [0.2, 0.25) is 0 Å². The van der Waals surface area contributed by atoms with Gasteiger partial charge in [-0.2, -0.15) is 8.78 Å². The van der Waals surface area contributed by atoms with Crippen molar-refractivity contribution in [1.29, 1.82) is 0 Å². The molecule has 230 valence electrons. The number of benzene rings is 4. The summed E-state index contributed by atoms with van der Waals surface area (Å²) in [5.74, 6) is -12.4. The maximum atomic E-state index is 14.9. The molecule has 0 aliphatic heterocycles. The Balaban J connectivity index is 1.61. The van der Waals surface area contributed by atoms with Crippen LogP contribution in [0.1, 0.15) is 36.5 Å². The summed E-state index contributed by atoms with van der Waals surface area (Å²) in [6, 6.07) is 3.18. The van der Waals surface area contributed by atoms with Crippen LogP contribution in [0.3, 0.4) is 0 Å². The first-order valence-electron chi connectivity index (χ1n) is 12.6. The highest BCUT2D eigenvalue weighted by Gasteiger charge is 2.41. The quantitative estimate of drug-likeness (QED) is 0.0837. The zero-order valence-electron chi connectivity index (χ0n) is 22.2. The Bertz CT molecular complexity index is 1700. The van der Waals surface area contributed by atoms with Crippen molar-refractivity contribution in [3.05, 3.63) is 118 Å². The van der Waals surface area contributed by atoms with E-state index in [4.69, 9.17) is 4.74 Å². The number of alkyl halides is 2. The van der Waals surface area contributed by atoms with Gasteiger partial charge in [0.1, 0.15) is 52.0 Å². The first kappa shape index (κ1) is 32.2. The highest BCUT2D eigenvalue weighted by atomic mass is 19.3. The Hall–Kier alpha value is -4.73. The van der Waals surface area contributed by atoms with Crippen LogP contribution in [0.5, 0.6) is 11.5 Å². The Morgan fingerprint density at radius 2 is 1.14 bits per heavy atom. The average molecular weight is 630 g/mol. The van der Waals surface area contributed by atoms with Gasteiger partial charge in [-0.25, -0.2) is 39.5 Å². The van der Waals surface area contributed by atoms with E-state index in [0.717, 1.165) is 0 Å². The van der Waals surface area contributed by atoms with Crippen LogP contribution in [0.4, 0.5) is 48.3 Å². The number of hydrogen-bond acceptors (Lipinski definition) is 2. The second-order valence-electron chi connectivity index (χ2n) is 9.16. The van der Waals surface area contributed by atoms with E-state index in [9.17, 15) is 48.3 Å². The largest absolute Gasteiger partial charge is 0.493 e. The van der Waals surface area contributed by atoms with Gasteiger partial charge in [-0.15, -0.1) is 0 Å². The predicted octanol–water partition coefficient (Wildman–Crippen LogP) is 9.31. The molecule has 44 heavy (non-hydrogen) atoms. The molecule has 0 bridgehead atoms. The third-order valence-electron chi connectivity index (χ3n) is 5.98. The molecule has 0 aromatic heterocycles. The van der Waals surface area contributed by atoms with Crippen LogP contribution in [0.15, 0.2) is 48.5 Å². The minimum Gasteiger partial charge on any atom is -0.493 e. The van der Waals surface area contributed by atoms with Gasteiger partial charge in [-0.05, 0) is 36.2 Å². The maximum absolute atomic E-state index is 14.9. The molecule has 2 nitrogen and oxygen atoms in total. The highest BCUT2D eigenvalue weighted by molar-refractivity contribution is 5.67. The third kappa shape index (κ3) is 6.90. The molecule has 0 aliphatic rings. The number of rotatable bonds is 8. The van der Waals surface area contributed by atoms with Crippen LogP contribution in [-0.2, 0) is 6.11 Å². The standard InChI is InChI=1S/C31H17F11O2/c1-2-3-6-43-17-11-24(36)29(25(37)12-17)31(41,42)44-18-13-22(34)28(23(35)14-18)16-9-20(32)19(21(33)10-16)5-4-15-7-26(38)30(40)27(39)8-15/h7-14H,2-3,6H2,1H3. The predicted molar refractivity (Wildman–Crippen MR) is 135 cm³/mol. The molecule has 0 saturated heterocycles. The average Bonchev–Trinajstić information content (AvgIpc) is 2.90. The fraction of sp³-hybridized carbons (Fsp3) is 0.161. The monoisotopic (exact) mass is 630 g/mol. The van der Waals surface area contributed by atoms with Gasteiger partial charge < -0.3 is 9.47 Å². The minimum atomic E-state index is -4.77. The van der Waals surface area contributed by atoms with Gasteiger partial charge in [0.25, 0.3) is 0 Å². The molecule has 4 rings (SSSR count). The Kier molecular flexibility index (Phi) is 9.42. The van der Waals surface area contributed by atoms with Gasteiger partial charge in [0.15, 0.2) is 17.5 Å². The summed E-state index contributed by atoms with van der Waals surface area (Å²) >= 11 is 0. The fourth-order valence-corrected chi connectivity index (χ4v) is 3.93. The second kappa shape index (κ2) is 12.9. The van der Waals surface area contributed by atoms with Crippen LogP contribution >= 0.6 is 0 Å². The minimum absolute atomic E-state index is 0.0644. The van der Waals surface area contributed by atoms with Gasteiger partial charge >= 0.3 is 6.11 Å². The SMILES string of the molecule is CCCCOc1cc(F)c(C(F)(F)Oc2cc(F)c(-c3cc(F)c(C#Cc4cc(F)c(F)c(F)c4)c(F)c3)c(F)c2)c(F)c1. The molecular weight excluding hydrogens is 613 g/mol. The summed E-state index contributed by atoms with van der Waals surface area (Å²) in [6.07, 6.45) is -3.56. The van der Waals surface area contributed by atoms with Crippen molar-refractivity contribution >= 4 is 0 Å². The molecule has 0 aliphatic carbocycles. The van der Waals surface area contributed by atoms with Crippen molar-refractivity contribution in [2.75, 3.05) is 6.61 Å². The highest BCUT2D eigenvalue weighted by Crippen LogP contribution is 2.39. The van der Waals surface area contributed by atoms with Crippen LogP contribution < -0.4 is 9.47 Å². The number of ether oxygens (including phenoxy) is 2. The lowest BCUT2D eigenvalue weighted by Crippen LogP contribution is -2.25. The van der Waals surface area contributed by atoms with E-state index in [1.54, 1.807) is 0 Å². The first-order chi connectivity index (χ1) is 20.7. The van der Waals surface area contributed by atoms with Crippen molar-refractivity contribution in [3.8, 4) is 34.5 Å². The molecule has 0 heterocycles. The van der Waals surface area contributed by atoms with E-state index in [-0.39, 0.29) is 24.5 Å². The van der Waals surface area contributed by atoms with Crippen molar-refractivity contribution < 1.29 is 57.8 Å². The van der Waals surface area contributed by atoms with Gasteiger partial charge in [-0.1, -0.05) is 25.2 Å². The molecule has 13 heteroatoms. The van der Waals surface area contributed by atoms with Crippen LogP contribution in [0.25, 0.3) is 11.1 Å². The van der Waals surface area contributed by atoms with E-state index in [1.807, 2.05) is 18.8 Å². The fourth-order valence-electron chi connectivity index (χ4n) is 3.93. The zero-order valence-corrected chi connectivity index (χ0v) is 22.2. The molecule has 0 unspecified atom stereocenters. The van der Waals surface area contributed by atoms with Crippen molar-refractivity contribution in [1.82, 2.24) is 0 Å². The van der Waals surface area contributed by atoms with Gasteiger partial charge in [0, 0.05) is 29.8 Å². The molecule has 0 N–H and O–H groups in total. The zero-order chi connectivity index (χ0) is 32.3. The summed E-state index contributed by atoms with van der Waals surface area (Å²) in [5, 5.41) is 0. The molecule has 0 spiro atoms. The van der Waals surface area contributed by atoms with E-state index in [0.29, 0.717) is 49.2 Å². The molecular formula is C31H17F11O2. The summed E-state index contributed by atoms with van der Waals surface area (Å²) in [5.41, 5.74) is -5.17. The molecule has 4 aromatic rings. The van der Waals surface area contributed by atoms with Gasteiger partial charge in [-0.3, -0.25) is 0 Å². The molecule has 0 atom stereocenters. The molecule has 0 amide bonds. The topological polar surface area (TPSA) is 18.5 Å². The van der Waals surface area contributed by atoms with E-state index in [2.05, 4.69) is 4.74 Å². The Labute approximate surface area is 242 Å². The third-order valence-corrected chi connectivity index (χ3v) is 5.98. The van der Waals surface area contributed by atoms with Crippen LogP contribution in [0, 0.1) is 64.2 Å². The van der Waals surface area contributed by atoms with E-state index in [1.165, 1.54) is 0 Å². The number of hydrogen-bond donors (Lipinski definition) is 0. The van der Waals surface area contributed by atoms with E-state index < -0.39 is 92.0 Å². The van der Waals surface area contributed by atoms with Crippen molar-refractivity contribution in [2.45, 2.75) is 25.9 Å². The van der Waals surface area contributed by atoms with Crippen molar-refractivity contribution in [2.24, 2.45) is 0 Å². The smallest absolute Gasteiger partial charge is 0.432 e. The van der Waals surface area contributed by atoms with Gasteiger partial charge in [0.2, 0.25) is 0 Å². The maximum Gasteiger partial charge on any atom is 0.432 e. The summed E-state index contributed by atoms with van der Waals surface area (Å²) < 4.78 is 166. The molecule has 4 aromatic carbocycles. The van der Waals surface area contributed by atoms with Gasteiger partial charge in [0.05, 0.1) is 17.7 Å². The molecule has 0 fully saturated rings. The summed E-state index contributed by atoms with van der Waals surface area (Å²) in [4.78, 5) is 0. The van der Waals surface area contributed by atoms with Crippen LogP contribution in [-0.4, -0.2) is 6.61 Å². The van der Waals surface area contributed by atoms with E-state index >= 15 is 0 Å². The lowest BCUT2D eigenvalue weighted by Gasteiger charge is -2.20. The summed E-state index contributed by atoms with van der Waals surface area (Å²) in [7, 11) is 0. The summed E-state index contributed by atoms with van der Waals surface area (Å²) in [6.45, 7) is 1.88. The lowest BCUT2D eigenvalue weighted by atomic mass is 10.0. The molecule has 0 saturated carbocycles. The normalized spacial score (nSPS) is 11.3. The van der Waals surface area contributed by atoms with Crippen molar-refractivity contribution in [3.63, 3.8) is 0 Å². The first-order valence-corrected chi connectivity index (χ1v) is 12.6. The second-order valence-corrected chi connectivity index (χ2v) is 9.16. The molecule has 0 radical (unpaired) electrons. The number of halogens is 11. The lowest BCUT2D eigenvalue weighted by molar-refractivity contribution is -0.189. The Morgan fingerprint density at radius 1 is 0.614 bits per heavy atom. The Morgan fingerprint density at radius 3 is 1.66 bits per heavy atom. The number of unbranched alkanes of at least 4 members (excludes halogenated alkanes) is 1.